The zero-order valence-electron chi connectivity index (χ0n) is 75.2. The van der Waals surface area contributed by atoms with Gasteiger partial charge < -0.3 is 84.8 Å². The van der Waals surface area contributed by atoms with Crippen molar-refractivity contribution in [3.05, 3.63) is 0 Å². The van der Waals surface area contributed by atoms with Gasteiger partial charge in [-0.2, -0.15) is 0 Å². The molecule has 6 N–H and O–H groups in total. The van der Waals surface area contributed by atoms with Crippen molar-refractivity contribution in [2.45, 2.75) is 355 Å². The molecule has 0 spiro atoms. The number of hydrogen-bond acceptors (Lipinski definition) is 15. The number of likely N-dealkylation sites (tertiary alicyclic amines) is 11. The predicted octanol–water partition coefficient (Wildman–Crippen LogP) is 11.5. The number of quaternary nitrogens is 2. The largest absolute Gasteiger partial charge is 0.379 e. The molecule has 12 aliphatic heterocycles. The number of guanidine groups is 1. The first-order valence-corrected chi connectivity index (χ1v) is 45.6. The van der Waals surface area contributed by atoms with E-state index in [9.17, 15) is 0 Å². The van der Waals surface area contributed by atoms with Gasteiger partial charge in [0.05, 0.1) is 72.6 Å². The Morgan fingerprint density at radius 2 is 0.626 bits per heavy atom. The van der Waals surface area contributed by atoms with E-state index in [-0.39, 0.29) is 5.96 Å². The van der Waals surface area contributed by atoms with E-state index in [1.54, 1.807) is 0 Å². The zero-order chi connectivity index (χ0) is 78.8. The SMILES string of the molecule is CC(C)N1CCC(N(C)C)CC1.CC(C)N1CCC(N)CC1.CC(C)N1CCC(N2CCCC2)CC1.CC(C)N1CCC(N2CCCCC2)CC1.CC(C)N1CCC(N2CCOCC2)CC1.CC(C)N1CCC(N=C(N)N)CC1.CC(C)N1CCC([N+](C)(C)C)CC1.CC(C)N1CCC([N+]2(C)CCCC2)CC1. The maximum Gasteiger partial charge on any atom is 0.186 e. The van der Waals surface area contributed by atoms with Crippen molar-refractivity contribution in [2.75, 3.05) is 213 Å². The number of nitrogens with zero attached hydrogens (tertiary/aromatic N) is 15. The Labute approximate surface area is 665 Å². The smallest absolute Gasteiger partial charge is 0.186 e. The first kappa shape index (κ1) is 96.2. The van der Waals surface area contributed by atoms with Gasteiger partial charge in [-0.3, -0.25) is 9.89 Å². The van der Waals surface area contributed by atoms with Crippen LogP contribution in [0, 0.1) is 0 Å². The van der Waals surface area contributed by atoms with E-state index >= 15 is 0 Å². The van der Waals surface area contributed by atoms with Crippen molar-refractivity contribution in [2.24, 2.45) is 22.2 Å². The van der Waals surface area contributed by atoms with Gasteiger partial charge in [-0.1, -0.05) is 6.42 Å². The highest BCUT2D eigenvalue weighted by atomic mass is 16.5. The van der Waals surface area contributed by atoms with Crippen LogP contribution < -0.4 is 17.2 Å². The topological polar surface area (TPSA) is 139 Å². The van der Waals surface area contributed by atoms with E-state index in [0.29, 0.717) is 24.2 Å². The fourth-order valence-corrected chi connectivity index (χ4v) is 19.4. The summed E-state index contributed by atoms with van der Waals surface area (Å²) in [6.07, 6.45) is 31.2. The number of hydrogen-bond donors (Lipinski definition) is 3. The zero-order valence-corrected chi connectivity index (χ0v) is 75.2. The molecule has 12 fully saturated rings. The van der Waals surface area contributed by atoms with Crippen molar-refractivity contribution >= 4 is 5.96 Å². The van der Waals surface area contributed by atoms with Crippen molar-refractivity contribution in [3.8, 4) is 0 Å². The maximum atomic E-state index is 5.77. The fourth-order valence-electron chi connectivity index (χ4n) is 19.4. The molecule has 19 heteroatoms. The van der Waals surface area contributed by atoms with Crippen LogP contribution in [-0.2, 0) is 4.74 Å². The van der Waals surface area contributed by atoms with Crippen LogP contribution in [0.25, 0.3) is 0 Å². The van der Waals surface area contributed by atoms with Gasteiger partial charge in [-0.25, -0.2) is 0 Å². The molecule has 0 bridgehead atoms. The lowest BCUT2D eigenvalue weighted by Gasteiger charge is -2.43. The van der Waals surface area contributed by atoms with Crippen molar-refractivity contribution in [3.63, 3.8) is 0 Å². The van der Waals surface area contributed by atoms with Crippen LogP contribution in [0.15, 0.2) is 4.99 Å². The number of rotatable bonds is 15. The molecule has 0 radical (unpaired) electrons. The monoisotopic (exact) mass is 1510 g/mol. The fraction of sp³-hybridized carbons (Fsp3) is 0.989. The molecular formula is C88H186N18O+2. The third-order valence-corrected chi connectivity index (χ3v) is 27.7. The van der Waals surface area contributed by atoms with Crippen molar-refractivity contribution in [1.82, 2.24) is 58.8 Å². The summed E-state index contributed by atoms with van der Waals surface area (Å²) >= 11 is 0. The van der Waals surface area contributed by atoms with Gasteiger partial charge in [0.25, 0.3) is 0 Å². The second-order valence-corrected chi connectivity index (χ2v) is 38.7. The van der Waals surface area contributed by atoms with Crippen LogP contribution in [0.5, 0.6) is 0 Å². The van der Waals surface area contributed by atoms with Crippen LogP contribution in [0.3, 0.4) is 0 Å². The number of ether oxygens (including phenoxy) is 1. The molecule has 0 aromatic heterocycles. The molecule has 0 saturated carbocycles. The molecular weight excluding hydrogens is 1330 g/mol. The lowest BCUT2D eigenvalue weighted by Crippen LogP contribution is -2.55. The molecule has 107 heavy (non-hydrogen) atoms. The summed E-state index contributed by atoms with van der Waals surface area (Å²) in [5.41, 5.74) is 16.4. The van der Waals surface area contributed by atoms with E-state index in [1.807, 2.05) is 0 Å². The molecule has 12 rings (SSSR count). The summed E-state index contributed by atoms with van der Waals surface area (Å²) in [7, 11) is 13.8. The van der Waals surface area contributed by atoms with Gasteiger partial charge in [0.1, 0.15) is 0 Å². The van der Waals surface area contributed by atoms with Gasteiger partial charge in [0, 0.05) is 169 Å². The van der Waals surface area contributed by atoms with E-state index in [2.05, 4.69) is 217 Å². The van der Waals surface area contributed by atoms with Crippen LogP contribution in [0.2, 0.25) is 0 Å². The lowest BCUT2D eigenvalue weighted by molar-refractivity contribution is -0.923. The minimum atomic E-state index is 0.225. The first-order valence-electron chi connectivity index (χ1n) is 45.6. The Morgan fingerprint density at radius 3 is 0.925 bits per heavy atom. The summed E-state index contributed by atoms with van der Waals surface area (Å²) in [4.78, 5) is 35.2. The van der Waals surface area contributed by atoms with Crippen molar-refractivity contribution in [1.29, 1.82) is 0 Å². The Kier molecular flexibility index (Phi) is 45.7. The molecule has 0 atom stereocenters. The van der Waals surface area contributed by atoms with E-state index in [4.69, 9.17) is 21.9 Å². The lowest BCUT2D eigenvalue weighted by atomic mass is 9.99. The van der Waals surface area contributed by atoms with E-state index < -0.39 is 0 Å². The molecule has 12 aliphatic rings. The minimum absolute atomic E-state index is 0.225. The number of morpholine rings is 1. The number of aliphatic imine (C=N–C) groups is 1. The van der Waals surface area contributed by atoms with Gasteiger partial charge in [0.15, 0.2) is 5.96 Å². The average Bonchev–Trinajstić information content (AvgIpc) is 1.75. The van der Waals surface area contributed by atoms with Crippen LogP contribution in [-0.4, -0.2) is 383 Å². The summed E-state index contributed by atoms with van der Waals surface area (Å²) in [5, 5.41) is 0. The molecule has 0 aromatic carbocycles. The quantitative estimate of drug-likeness (QED) is 0.0814. The third-order valence-electron chi connectivity index (χ3n) is 27.7. The third kappa shape index (κ3) is 36.1. The predicted molar refractivity (Wildman–Crippen MR) is 463 cm³/mol. The minimum Gasteiger partial charge on any atom is -0.379 e. The summed E-state index contributed by atoms with van der Waals surface area (Å²) in [5.74, 6) is 0.225. The highest BCUT2D eigenvalue weighted by Gasteiger charge is 2.39. The summed E-state index contributed by atoms with van der Waals surface area (Å²) in [6.45, 7) is 69.4. The van der Waals surface area contributed by atoms with Crippen LogP contribution in [0.4, 0.5) is 0 Å². The van der Waals surface area contributed by atoms with E-state index in [1.165, 1.54) is 270 Å². The molecule has 0 aliphatic carbocycles. The van der Waals surface area contributed by atoms with E-state index in [0.717, 1.165) is 129 Å². The summed E-state index contributed by atoms with van der Waals surface area (Å²) in [6, 6.07) is 11.9. The second-order valence-electron chi connectivity index (χ2n) is 38.7. The molecule has 0 unspecified atom stereocenters. The molecule has 19 nitrogen and oxygen atoms in total. The standard InChI is InChI=1S/C13H27N2.C13H26N2.C12H24N2O.C12H24N2.C11H25N2.C10H22N2.C9H20N4.C8H18N2/c1-12(2)14-8-6-13(7-9-14)15(3)10-4-5-11-15;1-12(2)14-10-6-13(7-11-14)15-8-4-3-5-9-15;1-11(2)13-5-3-12(4-6-13)14-7-9-15-10-8-14;1-11(2)13-9-5-12(6-10-13)14-7-3-4-8-14;1-10(2)12-8-6-11(7-9-12)13(3,4)5;1-9(2)12-7-5-10(6-8-12)11(3)4;1-7(2)13-5-3-8(4-6-13)12-9(10)11;1-7(2)10-5-3-8(9)4-6-10/h12-13H,4-11H2,1-3H3;12-13H,3-11H2,1-2H3;11-12H,3-10H2,1-2H3;11-12H,3-10H2,1-2H3;10-11H,6-9H2,1-5H3;9-10H,5-8H2,1-4H3;7-8H,3-6H2,1-2H3,(H4,10,11,12);7-8H,3-6,9H2,1-2H3/q+1;;;;+1;;;. The molecule has 0 amide bonds. The van der Waals surface area contributed by atoms with Gasteiger partial charge in [0.2, 0.25) is 0 Å². The first-order chi connectivity index (χ1) is 50.7. The normalized spacial score (nSPS) is 25.3. The maximum absolute atomic E-state index is 5.77. The highest BCUT2D eigenvalue weighted by molar-refractivity contribution is 5.75. The molecule has 12 saturated heterocycles. The molecule has 632 valence electrons. The Bertz CT molecular complexity index is 2130. The highest BCUT2D eigenvalue weighted by Crippen LogP contribution is 2.30. The van der Waals surface area contributed by atoms with Crippen molar-refractivity contribution < 1.29 is 13.7 Å². The van der Waals surface area contributed by atoms with Gasteiger partial charge in [-0.15, -0.1) is 0 Å². The summed E-state index contributed by atoms with van der Waals surface area (Å²) < 4.78 is 7.91. The number of nitrogens with two attached hydrogens (primary N) is 3. The Morgan fingerprint density at radius 1 is 0.355 bits per heavy atom. The van der Waals surface area contributed by atoms with Crippen LogP contribution >= 0.6 is 0 Å². The molecule has 12 heterocycles. The second kappa shape index (κ2) is 50.9. The Balaban J connectivity index is 0.000000220. The molecule has 0 aromatic rings. The van der Waals surface area contributed by atoms with Crippen LogP contribution in [0.1, 0.15) is 258 Å². The van der Waals surface area contributed by atoms with Gasteiger partial charge >= 0.3 is 0 Å². The van der Waals surface area contributed by atoms with Gasteiger partial charge in [-0.05, 0) is 319 Å². The number of piperidine rings is 9. The Hall–Kier alpha value is -1.37. The average molecular weight is 1510 g/mol.